The normalized spacial score (nSPS) is 10.7. The zero-order chi connectivity index (χ0) is 27.7. The average Bonchev–Trinajstić information content (AvgIpc) is 3.44. The Morgan fingerprint density at radius 1 is 0.725 bits per heavy atom. The number of thiazole rings is 1. The van der Waals surface area contributed by atoms with Crippen molar-refractivity contribution in [3.8, 4) is 11.3 Å². The minimum absolute atomic E-state index is 0.0717. The van der Waals surface area contributed by atoms with Crippen LogP contribution in [0.15, 0.2) is 115 Å². The number of hydrogen-bond acceptors (Lipinski definition) is 6. The second-order valence-electron chi connectivity index (χ2n) is 9.39. The van der Waals surface area contributed by atoms with Gasteiger partial charge in [-0.2, -0.15) is 0 Å². The van der Waals surface area contributed by atoms with E-state index in [1.54, 1.807) is 34.3 Å². The van der Waals surface area contributed by atoms with E-state index in [0.29, 0.717) is 23.8 Å². The number of amides is 2. The van der Waals surface area contributed by atoms with E-state index < -0.39 is 0 Å². The van der Waals surface area contributed by atoms with Gasteiger partial charge in [-0.15, -0.1) is 11.3 Å². The van der Waals surface area contributed by atoms with Crippen molar-refractivity contribution in [2.75, 3.05) is 12.3 Å². The van der Waals surface area contributed by atoms with E-state index in [1.165, 1.54) is 11.3 Å². The lowest BCUT2D eigenvalue weighted by molar-refractivity contribution is -0.133. The molecule has 3 aromatic carbocycles. The summed E-state index contributed by atoms with van der Waals surface area (Å²) in [4.78, 5) is 39.5. The lowest BCUT2D eigenvalue weighted by Crippen LogP contribution is -2.42. The number of nitrogens with two attached hydrogens (primary N) is 1. The largest absolute Gasteiger partial charge is 0.375 e. The first-order valence-corrected chi connectivity index (χ1v) is 13.8. The Bertz CT molecular complexity index is 1500. The Hall–Kier alpha value is -4.82. The summed E-state index contributed by atoms with van der Waals surface area (Å²) in [6, 6.07) is 30.7. The molecule has 0 unspecified atom stereocenters. The van der Waals surface area contributed by atoms with Crippen LogP contribution in [-0.2, 0) is 24.4 Å². The number of pyridine rings is 1. The maximum absolute atomic E-state index is 13.8. The Balaban J connectivity index is 1.39. The molecule has 0 bridgehead atoms. The molecule has 0 aliphatic heterocycles. The minimum atomic E-state index is -0.235. The standard InChI is InChI=1S/C32H29N5O2S/c33-32-35-29(23-40-32)27-13-15-28(16-14-27)31(39)37(21-26-12-7-17-34-18-26)22-30(38)36(19-24-8-3-1-4-9-24)20-25-10-5-2-6-11-25/h1-18,23H,19-22H2,(H2,33,35). The van der Waals surface area contributed by atoms with Crippen LogP contribution in [0.25, 0.3) is 11.3 Å². The van der Waals surface area contributed by atoms with Gasteiger partial charge < -0.3 is 15.5 Å². The quantitative estimate of drug-likeness (QED) is 0.244. The summed E-state index contributed by atoms with van der Waals surface area (Å²) in [5.41, 5.74) is 10.8. The molecule has 0 aliphatic carbocycles. The third-order valence-corrected chi connectivity index (χ3v) is 7.12. The number of anilines is 1. The van der Waals surface area contributed by atoms with Crippen LogP contribution >= 0.6 is 11.3 Å². The lowest BCUT2D eigenvalue weighted by Gasteiger charge is -2.28. The summed E-state index contributed by atoms with van der Waals surface area (Å²) in [7, 11) is 0. The van der Waals surface area contributed by atoms with Crippen molar-refractivity contribution in [2.45, 2.75) is 19.6 Å². The van der Waals surface area contributed by atoms with E-state index in [9.17, 15) is 9.59 Å². The molecule has 5 rings (SSSR count). The summed E-state index contributed by atoms with van der Waals surface area (Å²) in [6.07, 6.45) is 3.40. The molecular formula is C32H29N5O2S. The fraction of sp³-hybridized carbons (Fsp3) is 0.125. The molecule has 0 fully saturated rings. The molecule has 2 amide bonds. The number of nitrogen functional groups attached to an aromatic ring is 1. The molecule has 40 heavy (non-hydrogen) atoms. The highest BCUT2D eigenvalue weighted by Gasteiger charge is 2.23. The van der Waals surface area contributed by atoms with Gasteiger partial charge in [-0.3, -0.25) is 14.6 Å². The number of nitrogens with zero attached hydrogens (tertiary/aromatic N) is 4. The van der Waals surface area contributed by atoms with Crippen LogP contribution in [0, 0.1) is 0 Å². The first-order chi connectivity index (χ1) is 19.5. The molecule has 0 spiro atoms. The van der Waals surface area contributed by atoms with Crippen molar-refractivity contribution in [3.05, 3.63) is 137 Å². The van der Waals surface area contributed by atoms with Gasteiger partial charge in [-0.25, -0.2) is 4.98 Å². The maximum atomic E-state index is 13.8. The summed E-state index contributed by atoms with van der Waals surface area (Å²) < 4.78 is 0. The van der Waals surface area contributed by atoms with Crippen LogP contribution in [0.1, 0.15) is 27.0 Å². The number of rotatable bonds is 10. The molecule has 0 radical (unpaired) electrons. The summed E-state index contributed by atoms with van der Waals surface area (Å²) >= 11 is 1.37. The van der Waals surface area contributed by atoms with Gasteiger partial charge in [0, 0.05) is 48.5 Å². The van der Waals surface area contributed by atoms with Crippen molar-refractivity contribution in [1.29, 1.82) is 0 Å². The van der Waals surface area contributed by atoms with Crippen LogP contribution in [0.5, 0.6) is 0 Å². The number of aromatic nitrogens is 2. The molecule has 5 aromatic rings. The van der Waals surface area contributed by atoms with Crippen molar-refractivity contribution in [2.24, 2.45) is 0 Å². The first kappa shape index (κ1) is 26.8. The Morgan fingerprint density at radius 3 is 1.88 bits per heavy atom. The van der Waals surface area contributed by atoms with Gasteiger partial charge >= 0.3 is 0 Å². The fourth-order valence-electron chi connectivity index (χ4n) is 4.40. The highest BCUT2D eigenvalue weighted by Crippen LogP contribution is 2.24. The smallest absolute Gasteiger partial charge is 0.254 e. The van der Waals surface area contributed by atoms with Crippen molar-refractivity contribution in [3.63, 3.8) is 0 Å². The second kappa shape index (κ2) is 12.8. The Kier molecular flexibility index (Phi) is 8.58. The second-order valence-corrected chi connectivity index (χ2v) is 10.3. The third kappa shape index (κ3) is 6.98. The molecule has 200 valence electrons. The summed E-state index contributed by atoms with van der Waals surface area (Å²) in [6.45, 7) is 1.06. The van der Waals surface area contributed by atoms with Gasteiger partial charge in [-0.1, -0.05) is 78.9 Å². The van der Waals surface area contributed by atoms with E-state index in [1.807, 2.05) is 90.3 Å². The van der Waals surface area contributed by atoms with Gasteiger partial charge in [-0.05, 0) is 34.9 Å². The van der Waals surface area contributed by atoms with E-state index in [4.69, 9.17) is 5.73 Å². The van der Waals surface area contributed by atoms with Gasteiger partial charge in [0.25, 0.3) is 5.91 Å². The van der Waals surface area contributed by atoms with Crippen molar-refractivity contribution >= 4 is 28.3 Å². The van der Waals surface area contributed by atoms with E-state index in [0.717, 1.165) is 27.9 Å². The molecule has 8 heteroatoms. The highest BCUT2D eigenvalue weighted by atomic mass is 32.1. The molecule has 2 heterocycles. The SMILES string of the molecule is Nc1nc(-c2ccc(C(=O)N(CC(=O)N(Cc3ccccc3)Cc3ccccc3)Cc3cccnc3)cc2)cs1. The van der Waals surface area contributed by atoms with Crippen LogP contribution < -0.4 is 5.73 Å². The van der Waals surface area contributed by atoms with Gasteiger partial charge in [0.1, 0.15) is 6.54 Å². The molecule has 2 N–H and O–H groups in total. The first-order valence-electron chi connectivity index (χ1n) is 12.9. The topological polar surface area (TPSA) is 92.4 Å². The van der Waals surface area contributed by atoms with Crippen molar-refractivity contribution in [1.82, 2.24) is 19.8 Å². The van der Waals surface area contributed by atoms with E-state index in [-0.39, 0.29) is 24.9 Å². The number of carbonyl (C=O) groups is 2. The molecule has 0 atom stereocenters. The van der Waals surface area contributed by atoms with Gasteiger partial charge in [0.2, 0.25) is 5.91 Å². The predicted octanol–water partition coefficient (Wildman–Crippen LogP) is 5.66. The molecule has 0 saturated carbocycles. The number of benzene rings is 3. The zero-order valence-corrected chi connectivity index (χ0v) is 22.7. The van der Waals surface area contributed by atoms with Crippen LogP contribution in [-0.4, -0.2) is 38.1 Å². The fourth-order valence-corrected chi connectivity index (χ4v) is 4.97. The van der Waals surface area contributed by atoms with Crippen molar-refractivity contribution < 1.29 is 9.59 Å². The minimum Gasteiger partial charge on any atom is -0.375 e. The van der Waals surface area contributed by atoms with Crippen LogP contribution in [0.4, 0.5) is 5.13 Å². The summed E-state index contributed by atoms with van der Waals surface area (Å²) in [5, 5.41) is 2.38. The maximum Gasteiger partial charge on any atom is 0.254 e. The third-order valence-electron chi connectivity index (χ3n) is 6.44. The Labute approximate surface area is 237 Å². The van der Waals surface area contributed by atoms with E-state index >= 15 is 0 Å². The highest BCUT2D eigenvalue weighted by molar-refractivity contribution is 7.13. The van der Waals surface area contributed by atoms with Gasteiger partial charge in [0.05, 0.1) is 5.69 Å². The molecule has 0 saturated heterocycles. The number of hydrogen-bond donors (Lipinski definition) is 1. The monoisotopic (exact) mass is 547 g/mol. The van der Waals surface area contributed by atoms with Crippen LogP contribution in [0.2, 0.25) is 0 Å². The zero-order valence-electron chi connectivity index (χ0n) is 21.9. The molecular weight excluding hydrogens is 518 g/mol. The summed E-state index contributed by atoms with van der Waals surface area (Å²) in [5.74, 6) is -0.375. The van der Waals surface area contributed by atoms with E-state index in [2.05, 4.69) is 9.97 Å². The molecule has 2 aromatic heterocycles. The predicted molar refractivity (Wildman–Crippen MR) is 158 cm³/mol. The molecule has 0 aliphatic rings. The Morgan fingerprint density at radius 2 is 1.32 bits per heavy atom. The van der Waals surface area contributed by atoms with Crippen LogP contribution in [0.3, 0.4) is 0 Å². The average molecular weight is 548 g/mol. The lowest BCUT2D eigenvalue weighted by atomic mass is 10.1. The van der Waals surface area contributed by atoms with Gasteiger partial charge in [0.15, 0.2) is 5.13 Å². The molecule has 7 nitrogen and oxygen atoms in total. The number of carbonyl (C=O) groups excluding carboxylic acids is 2.